The van der Waals surface area contributed by atoms with Gasteiger partial charge in [-0.3, -0.25) is 4.79 Å². The molecule has 120 valence electrons. The van der Waals surface area contributed by atoms with Crippen molar-refractivity contribution in [3.8, 4) is 5.75 Å². The van der Waals surface area contributed by atoms with Gasteiger partial charge in [-0.2, -0.15) is 0 Å². The Morgan fingerprint density at radius 3 is 2.74 bits per heavy atom. The predicted octanol–water partition coefficient (Wildman–Crippen LogP) is 4.10. The van der Waals surface area contributed by atoms with E-state index in [1.54, 1.807) is 7.11 Å². The minimum atomic E-state index is 0.0910. The van der Waals surface area contributed by atoms with Crippen LogP contribution in [0, 0.1) is 17.8 Å². The standard InChI is InChI=1S/C18H19NO2S2/c1-21-12-6-4-9(5-7-12)13-14-10-2-3-11(8-10)15(14)22-17-16(13)23-18(20)19-17/h4-7,10-11,13-15H,2-3,8H2,1H3,(H,19,20)/t10-,11-,13-,14-,15+/m1/s1. The van der Waals surface area contributed by atoms with Gasteiger partial charge in [0, 0.05) is 16.0 Å². The zero-order valence-electron chi connectivity index (χ0n) is 13.0. The Kier molecular flexibility index (Phi) is 3.17. The summed E-state index contributed by atoms with van der Waals surface area (Å²) in [6.07, 6.45) is 4.12. The number of thioether (sulfide) groups is 1. The summed E-state index contributed by atoms with van der Waals surface area (Å²) in [7, 11) is 1.70. The number of ether oxygens (including phenoxy) is 1. The van der Waals surface area contributed by atoms with Gasteiger partial charge < -0.3 is 9.72 Å². The van der Waals surface area contributed by atoms with Gasteiger partial charge in [-0.25, -0.2) is 0 Å². The fourth-order valence-electron chi connectivity index (χ4n) is 5.03. The Morgan fingerprint density at radius 2 is 1.96 bits per heavy atom. The quantitative estimate of drug-likeness (QED) is 0.891. The maximum Gasteiger partial charge on any atom is 0.305 e. The normalized spacial score (nSPS) is 34.2. The van der Waals surface area contributed by atoms with Gasteiger partial charge in [-0.05, 0) is 54.7 Å². The van der Waals surface area contributed by atoms with Gasteiger partial charge in [0.2, 0.25) is 0 Å². The molecule has 0 radical (unpaired) electrons. The minimum Gasteiger partial charge on any atom is -0.497 e. The molecule has 2 bridgehead atoms. The molecule has 0 amide bonds. The van der Waals surface area contributed by atoms with Crippen molar-refractivity contribution >= 4 is 23.1 Å². The molecule has 5 rings (SSSR count). The number of rotatable bonds is 2. The van der Waals surface area contributed by atoms with Crippen molar-refractivity contribution in [2.75, 3.05) is 7.11 Å². The van der Waals surface area contributed by atoms with E-state index >= 15 is 0 Å². The second-order valence-corrected chi connectivity index (χ2v) is 9.15. The van der Waals surface area contributed by atoms with E-state index in [-0.39, 0.29) is 4.87 Å². The zero-order valence-corrected chi connectivity index (χ0v) is 14.6. The molecule has 2 aliphatic carbocycles. The third-order valence-electron chi connectivity index (χ3n) is 5.94. The molecule has 0 unspecified atom stereocenters. The zero-order chi connectivity index (χ0) is 15.6. The van der Waals surface area contributed by atoms with Gasteiger partial charge in [0.25, 0.3) is 0 Å². The summed E-state index contributed by atoms with van der Waals surface area (Å²) in [4.78, 5) is 16.4. The number of aromatic nitrogens is 1. The van der Waals surface area contributed by atoms with Gasteiger partial charge in [-0.1, -0.05) is 23.5 Å². The molecular weight excluding hydrogens is 326 g/mol. The molecular formula is C18H19NO2S2. The van der Waals surface area contributed by atoms with Crippen molar-refractivity contribution in [1.82, 2.24) is 4.98 Å². The number of H-pyrrole nitrogens is 1. The molecule has 3 aliphatic rings. The molecule has 1 aliphatic heterocycles. The number of thiazole rings is 1. The van der Waals surface area contributed by atoms with E-state index in [0.717, 1.165) is 22.6 Å². The number of hydrogen-bond acceptors (Lipinski definition) is 4. The lowest BCUT2D eigenvalue weighted by Crippen LogP contribution is -2.33. The highest BCUT2D eigenvalue weighted by molar-refractivity contribution is 8.00. The van der Waals surface area contributed by atoms with Crippen LogP contribution in [-0.2, 0) is 0 Å². The first kappa shape index (κ1) is 14.2. The molecule has 3 nitrogen and oxygen atoms in total. The smallest absolute Gasteiger partial charge is 0.305 e. The van der Waals surface area contributed by atoms with Crippen LogP contribution in [0.5, 0.6) is 5.75 Å². The Morgan fingerprint density at radius 1 is 1.17 bits per heavy atom. The van der Waals surface area contributed by atoms with E-state index in [1.807, 2.05) is 23.9 Å². The monoisotopic (exact) mass is 345 g/mol. The average molecular weight is 345 g/mol. The second-order valence-electron chi connectivity index (χ2n) is 6.95. The summed E-state index contributed by atoms with van der Waals surface area (Å²) in [5.41, 5.74) is 1.34. The number of fused-ring (bicyclic) bond motifs is 6. The topological polar surface area (TPSA) is 42.1 Å². The first-order valence-electron chi connectivity index (χ1n) is 8.28. The van der Waals surface area contributed by atoms with Gasteiger partial charge >= 0.3 is 4.87 Å². The SMILES string of the molecule is COc1ccc([C@H]2c3sc(=O)[nH]c3S[C@H]3[C@@H]4CC[C@H](C4)[C@H]23)cc1. The Labute approximate surface area is 143 Å². The highest BCUT2D eigenvalue weighted by Gasteiger charge is 2.54. The van der Waals surface area contributed by atoms with Crippen LogP contribution in [0.15, 0.2) is 34.1 Å². The first-order chi connectivity index (χ1) is 11.2. The maximum atomic E-state index is 12.0. The van der Waals surface area contributed by atoms with Crippen molar-refractivity contribution in [3.63, 3.8) is 0 Å². The molecule has 1 N–H and O–H groups in total. The van der Waals surface area contributed by atoms with E-state index in [1.165, 1.54) is 41.0 Å². The van der Waals surface area contributed by atoms with E-state index in [9.17, 15) is 4.79 Å². The fraction of sp³-hybridized carbons (Fsp3) is 0.500. The highest BCUT2D eigenvalue weighted by atomic mass is 32.2. The molecule has 5 heteroatoms. The van der Waals surface area contributed by atoms with Crippen LogP contribution in [0.3, 0.4) is 0 Å². The summed E-state index contributed by atoms with van der Waals surface area (Å²) in [6, 6.07) is 8.48. The second kappa shape index (κ2) is 5.15. The van der Waals surface area contributed by atoms with Crippen LogP contribution in [0.25, 0.3) is 0 Å². The van der Waals surface area contributed by atoms with Gasteiger partial charge in [0.15, 0.2) is 0 Å². The molecule has 1 aromatic heterocycles. The summed E-state index contributed by atoms with van der Waals surface area (Å²) in [6.45, 7) is 0. The molecule has 2 aromatic rings. The first-order valence-corrected chi connectivity index (χ1v) is 9.98. The third kappa shape index (κ3) is 2.06. The van der Waals surface area contributed by atoms with Crippen LogP contribution >= 0.6 is 23.1 Å². The molecule has 5 atom stereocenters. The van der Waals surface area contributed by atoms with E-state index in [0.29, 0.717) is 17.1 Å². The van der Waals surface area contributed by atoms with E-state index in [2.05, 4.69) is 17.1 Å². The average Bonchev–Trinajstić information content (AvgIpc) is 3.26. The summed E-state index contributed by atoms with van der Waals surface area (Å²) >= 11 is 3.36. The van der Waals surface area contributed by atoms with Crippen molar-refractivity contribution < 1.29 is 4.74 Å². The lowest BCUT2D eigenvalue weighted by molar-refractivity contribution is 0.307. The van der Waals surface area contributed by atoms with Crippen molar-refractivity contribution in [3.05, 3.63) is 44.4 Å². The predicted molar refractivity (Wildman–Crippen MR) is 93.7 cm³/mol. The molecule has 23 heavy (non-hydrogen) atoms. The number of benzene rings is 1. The molecule has 2 heterocycles. The Balaban J connectivity index is 1.64. The van der Waals surface area contributed by atoms with E-state index in [4.69, 9.17) is 4.74 Å². The van der Waals surface area contributed by atoms with Crippen molar-refractivity contribution in [2.24, 2.45) is 17.8 Å². The Bertz CT molecular complexity index is 794. The summed E-state index contributed by atoms with van der Waals surface area (Å²) in [5.74, 6) is 3.63. The maximum absolute atomic E-state index is 12.0. The number of hydrogen-bond donors (Lipinski definition) is 1. The third-order valence-corrected chi connectivity index (χ3v) is 8.56. The number of nitrogens with one attached hydrogen (secondary N) is 1. The van der Waals surface area contributed by atoms with Crippen LogP contribution < -0.4 is 9.61 Å². The van der Waals surface area contributed by atoms with Crippen LogP contribution in [0.4, 0.5) is 0 Å². The lowest BCUT2D eigenvalue weighted by atomic mass is 9.75. The minimum absolute atomic E-state index is 0.0910. The van der Waals surface area contributed by atoms with Crippen LogP contribution in [-0.4, -0.2) is 17.3 Å². The molecule has 2 fully saturated rings. The van der Waals surface area contributed by atoms with Gasteiger partial charge in [0.05, 0.1) is 12.1 Å². The van der Waals surface area contributed by atoms with Crippen molar-refractivity contribution in [1.29, 1.82) is 0 Å². The molecule has 2 saturated carbocycles. The lowest BCUT2D eigenvalue weighted by Gasteiger charge is -2.40. The highest BCUT2D eigenvalue weighted by Crippen LogP contribution is 2.63. The van der Waals surface area contributed by atoms with Crippen LogP contribution in [0.1, 0.15) is 35.6 Å². The fourth-order valence-corrected chi connectivity index (χ4v) is 7.93. The number of aromatic amines is 1. The van der Waals surface area contributed by atoms with E-state index < -0.39 is 0 Å². The molecule has 0 saturated heterocycles. The van der Waals surface area contributed by atoms with Gasteiger partial charge in [-0.15, -0.1) is 11.8 Å². The molecule has 0 spiro atoms. The summed E-state index contributed by atoms with van der Waals surface area (Å²) in [5, 5.41) is 1.81. The van der Waals surface area contributed by atoms with Crippen molar-refractivity contribution in [2.45, 2.75) is 35.5 Å². The van der Waals surface area contributed by atoms with Gasteiger partial charge in [0.1, 0.15) is 5.75 Å². The summed E-state index contributed by atoms with van der Waals surface area (Å²) < 4.78 is 5.31. The Hall–Kier alpha value is -1.20. The number of methoxy groups -OCH3 is 1. The van der Waals surface area contributed by atoms with Crippen LogP contribution in [0.2, 0.25) is 0 Å². The largest absolute Gasteiger partial charge is 0.497 e. The molecule has 1 aromatic carbocycles.